The number of hydrogen-bond donors (Lipinski definition) is 0. The highest BCUT2D eigenvalue weighted by Gasteiger charge is 2.01. The molecule has 0 amide bonds. The van der Waals surface area contributed by atoms with Gasteiger partial charge in [-0.2, -0.15) is 5.26 Å². The third-order valence-corrected chi connectivity index (χ3v) is 2.74. The monoisotopic (exact) mass is 263 g/mol. The van der Waals surface area contributed by atoms with E-state index in [9.17, 15) is 0 Å². The largest absolute Gasteiger partial charge is 0.192 e. The van der Waals surface area contributed by atoms with Crippen LogP contribution in [-0.2, 0) is 0 Å². The standard InChI is InChI=1S/C13H14BrN/c1-10-7-12(9-15)8-11(2)13(10)5-3-4-6-14/h3,5,7-8H,4,6H2,1-2H3. The average Bonchev–Trinajstić information content (AvgIpc) is 2.22. The number of nitrogens with zero attached hydrogens (tertiary/aromatic N) is 1. The Morgan fingerprint density at radius 3 is 2.40 bits per heavy atom. The van der Waals surface area contributed by atoms with E-state index < -0.39 is 0 Å². The van der Waals surface area contributed by atoms with Gasteiger partial charge in [-0.1, -0.05) is 28.1 Å². The summed E-state index contributed by atoms with van der Waals surface area (Å²) in [6.07, 6.45) is 5.31. The third kappa shape index (κ3) is 3.21. The van der Waals surface area contributed by atoms with Crippen molar-refractivity contribution in [1.82, 2.24) is 0 Å². The topological polar surface area (TPSA) is 23.8 Å². The molecule has 0 spiro atoms. The molecule has 1 nitrogen and oxygen atoms in total. The van der Waals surface area contributed by atoms with Crippen LogP contribution < -0.4 is 0 Å². The summed E-state index contributed by atoms with van der Waals surface area (Å²) in [4.78, 5) is 0. The van der Waals surface area contributed by atoms with Crippen molar-refractivity contribution in [2.45, 2.75) is 20.3 Å². The van der Waals surface area contributed by atoms with Crippen LogP contribution in [0.15, 0.2) is 18.2 Å². The molecule has 78 valence electrons. The first-order valence-electron chi connectivity index (χ1n) is 4.93. The van der Waals surface area contributed by atoms with Crippen LogP contribution in [0, 0.1) is 25.2 Å². The van der Waals surface area contributed by atoms with Crippen LogP contribution >= 0.6 is 15.9 Å². The fourth-order valence-corrected chi connectivity index (χ4v) is 1.83. The quantitative estimate of drug-likeness (QED) is 0.758. The first-order chi connectivity index (χ1) is 7.19. The van der Waals surface area contributed by atoms with Gasteiger partial charge in [-0.05, 0) is 49.1 Å². The Labute approximate surface area is 99.6 Å². The number of hydrogen-bond acceptors (Lipinski definition) is 1. The van der Waals surface area contributed by atoms with Crippen LogP contribution in [0.3, 0.4) is 0 Å². The van der Waals surface area contributed by atoms with Gasteiger partial charge in [0, 0.05) is 5.33 Å². The van der Waals surface area contributed by atoms with Gasteiger partial charge in [0.15, 0.2) is 0 Å². The zero-order chi connectivity index (χ0) is 11.3. The number of nitriles is 1. The molecule has 0 unspecified atom stereocenters. The summed E-state index contributed by atoms with van der Waals surface area (Å²) in [7, 11) is 0. The lowest BCUT2D eigenvalue weighted by atomic mass is 9.99. The van der Waals surface area contributed by atoms with Crippen LogP contribution in [0.5, 0.6) is 0 Å². The highest BCUT2D eigenvalue weighted by atomic mass is 79.9. The molecule has 15 heavy (non-hydrogen) atoms. The minimum absolute atomic E-state index is 0.739. The molecular weight excluding hydrogens is 250 g/mol. The molecule has 0 N–H and O–H groups in total. The summed E-state index contributed by atoms with van der Waals surface area (Å²) in [6.45, 7) is 4.09. The summed E-state index contributed by atoms with van der Waals surface area (Å²) in [5.74, 6) is 0. The van der Waals surface area contributed by atoms with Crippen molar-refractivity contribution in [3.8, 4) is 6.07 Å². The maximum absolute atomic E-state index is 8.82. The lowest BCUT2D eigenvalue weighted by Gasteiger charge is -2.05. The minimum Gasteiger partial charge on any atom is -0.192 e. The van der Waals surface area contributed by atoms with Gasteiger partial charge in [0.25, 0.3) is 0 Å². The number of halogens is 1. The predicted molar refractivity (Wildman–Crippen MR) is 68.1 cm³/mol. The van der Waals surface area contributed by atoms with E-state index in [0.717, 1.165) is 28.4 Å². The lowest BCUT2D eigenvalue weighted by molar-refractivity contribution is 1.26. The summed E-state index contributed by atoms with van der Waals surface area (Å²) in [6, 6.07) is 6.03. The van der Waals surface area contributed by atoms with E-state index in [1.165, 1.54) is 5.56 Å². The molecule has 0 bridgehead atoms. The van der Waals surface area contributed by atoms with Crippen LogP contribution in [0.2, 0.25) is 0 Å². The molecule has 0 saturated carbocycles. The SMILES string of the molecule is Cc1cc(C#N)cc(C)c1C=CCCBr. The van der Waals surface area contributed by atoms with Gasteiger partial charge in [-0.15, -0.1) is 0 Å². The number of rotatable bonds is 3. The molecule has 1 aromatic rings. The second-order valence-electron chi connectivity index (χ2n) is 3.52. The fourth-order valence-electron chi connectivity index (χ4n) is 1.57. The van der Waals surface area contributed by atoms with E-state index in [1.54, 1.807) is 0 Å². The van der Waals surface area contributed by atoms with Crippen molar-refractivity contribution in [3.05, 3.63) is 40.5 Å². The Morgan fingerprint density at radius 2 is 1.93 bits per heavy atom. The molecule has 1 rings (SSSR count). The summed E-state index contributed by atoms with van der Waals surface area (Å²) >= 11 is 3.39. The van der Waals surface area contributed by atoms with Crippen molar-refractivity contribution >= 4 is 22.0 Å². The number of benzene rings is 1. The maximum atomic E-state index is 8.82. The summed E-state index contributed by atoms with van der Waals surface area (Å²) < 4.78 is 0. The first kappa shape index (κ1) is 12.0. The van der Waals surface area contributed by atoms with Crippen molar-refractivity contribution < 1.29 is 0 Å². The fraction of sp³-hybridized carbons (Fsp3) is 0.308. The second kappa shape index (κ2) is 5.72. The van der Waals surface area contributed by atoms with E-state index in [-0.39, 0.29) is 0 Å². The van der Waals surface area contributed by atoms with Crippen molar-refractivity contribution in [2.24, 2.45) is 0 Å². The van der Waals surface area contributed by atoms with E-state index >= 15 is 0 Å². The average molecular weight is 264 g/mol. The van der Waals surface area contributed by atoms with E-state index in [4.69, 9.17) is 5.26 Å². The van der Waals surface area contributed by atoms with Gasteiger partial charge in [0.1, 0.15) is 0 Å². The van der Waals surface area contributed by atoms with Crippen LogP contribution in [-0.4, -0.2) is 5.33 Å². The molecule has 0 aromatic heterocycles. The van der Waals surface area contributed by atoms with Gasteiger partial charge in [-0.25, -0.2) is 0 Å². The smallest absolute Gasteiger partial charge is 0.0991 e. The van der Waals surface area contributed by atoms with Crippen LogP contribution in [0.1, 0.15) is 28.7 Å². The number of alkyl halides is 1. The summed E-state index contributed by atoms with van der Waals surface area (Å²) in [5, 5.41) is 9.80. The van der Waals surface area contributed by atoms with Gasteiger partial charge < -0.3 is 0 Å². The van der Waals surface area contributed by atoms with Crippen molar-refractivity contribution in [3.63, 3.8) is 0 Å². The Kier molecular flexibility index (Phi) is 4.58. The molecule has 0 saturated heterocycles. The van der Waals surface area contributed by atoms with Gasteiger partial charge >= 0.3 is 0 Å². The second-order valence-corrected chi connectivity index (χ2v) is 4.31. The van der Waals surface area contributed by atoms with Gasteiger partial charge in [-0.3, -0.25) is 0 Å². The Morgan fingerprint density at radius 1 is 1.33 bits per heavy atom. The molecule has 0 atom stereocenters. The van der Waals surface area contributed by atoms with E-state index in [0.29, 0.717) is 0 Å². The minimum atomic E-state index is 0.739. The van der Waals surface area contributed by atoms with Crippen molar-refractivity contribution in [2.75, 3.05) is 5.33 Å². The highest BCUT2D eigenvalue weighted by molar-refractivity contribution is 9.09. The van der Waals surface area contributed by atoms with Crippen molar-refractivity contribution in [1.29, 1.82) is 5.26 Å². The summed E-state index contributed by atoms with van der Waals surface area (Å²) in [5.41, 5.74) is 4.30. The molecular formula is C13H14BrN. The maximum Gasteiger partial charge on any atom is 0.0991 e. The molecule has 0 fully saturated rings. The van der Waals surface area contributed by atoms with Crippen LogP contribution in [0.25, 0.3) is 6.08 Å². The lowest BCUT2D eigenvalue weighted by Crippen LogP contribution is -1.88. The Hall–Kier alpha value is -1.07. The third-order valence-electron chi connectivity index (χ3n) is 2.28. The Balaban J connectivity index is 3.04. The van der Waals surface area contributed by atoms with E-state index in [2.05, 4.69) is 34.2 Å². The molecule has 0 aliphatic heterocycles. The highest BCUT2D eigenvalue weighted by Crippen LogP contribution is 2.18. The number of aryl methyl sites for hydroxylation is 2. The number of allylic oxidation sites excluding steroid dienone is 1. The predicted octanol–water partition coefficient (Wildman–Crippen LogP) is 3.97. The Bertz CT molecular complexity index is 390. The van der Waals surface area contributed by atoms with Crippen LogP contribution in [0.4, 0.5) is 0 Å². The molecule has 0 heterocycles. The van der Waals surface area contributed by atoms with Gasteiger partial charge in [0.2, 0.25) is 0 Å². The first-order valence-corrected chi connectivity index (χ1v) is 6.05. The molecule has 1 aromatic carbocycles. The van der Waals surface area contributed by atoms with E-state index in [1.807, 2.05) is 26.0 Å². The molecule has 2 heteroatoms. The molecule has 0 radical (unpaired) electrons. The van der Waals surface area contributed by atoms with Gasteiger partial charge in [0.05, 0.1) is 11.6 Å². The zero-order valence-electron chi connectivity index (χ0n) is 9.05. The zero-order valence-corrected chi connectivity index (χ0v) is 10.6. The normalized spacial score (nSPS) is 10.5. The molecule has 0 aliphatic rings. The molecule has 0 aliphatic carbocycles.